The number of carbonyl (C=O) groups is 2. The largest absolute Gasteiger partial charge is 0.444 e. The van der Waals surface area contributed by atoms with Crippen molar-refractivity contribution in [2.45, 2.75) is 83.5 Å². The number of hydrogen-bond donors (Lipinski definition) is 2. The van der Waals surface area contributed by atoms with Crippen LogP contribution >= 0.6 is 24.0 Å². The molecule has 0 aromatic heterocycles. The Kier molecular flexibility index (Phi) is 9.97. The zero-order valence-corrected chi connectivity index (χ0v) is 21.0. The molecule has 2 bridgehead atoms. The van der Waals surface area contributed by atoms with E-state index in [1.165, 1.54) is 0 Å². The number of amides is 2. The van der Waals surface area contributed by atoms with Gasteiger partial charge in [0.05, 0.1) is 0 Å². The predicted molar refractivity (Wildman–Crippen MR) is 126 cm³/mol. The van der Waals surface area contributed by atoms with Crippen molar-refractivity contribution in [1.82, 2.24) is 20.4 Å². The van der Waals surface area contributed by atoms with Crippen LogP contribution in [0.5, 0.6) is 0 Å². The summed E-state index contributed by atoms with van der Waals surface area (Å²) in [5, 5.41) is 6.77. The minimum absolute atomic E-state index is 0. The summed E-state index contributed by atoms with van der Waals surface area (Å²) >= 11 is 0. The number of nitrogens with zero attached hydrogens (tertiary/aromatic N) is 3. The van der Waals surface area contributed by atoms with Crippen molar-refractivity contribution >= 4 is 41.9 Å². The summed E-state index contributed by atoms with van der Waals surface area (Å²) in [4.78, 5) is 32.4. The fourth-order valence-electron chi connectivity index (χ4n) is 3.79. The lowest BCUT2D eigenvalue weighted by Crippen LogP contribution is -2.55. The predicted octanol–water partition coefficient (Wildman–Crippen LogP) is 2.57. The van der Waals surface area contributed by atoms with Crippen LogP contribution in [0.25, 0.3) is 0 Å². The van der Waals surface area contributed by atoms with Gasteiger partial charge in [-0.25, -0.2) is 9.79 Å². The van der Waals surface area contributed by atoms with Crippen LogP contribution in [-0.4, -0.2) is 78.7 Å². The molecular weight excluding hydrogens is 485 g/mol. The molecule has 2 saturated heterocycles. The number of guanidine groups is 1. The number of rotatable bonds is 5. The first-order valence-corrected chi connectivity index (χ1v) is 10.4. The van der Waals surface area contributed by atoms with E-state index >= 15 is 0 Å². The van der Waals surface area contributed by atoms with Crippen molar-refractivity contribution in [2.24, 2.45) is 4.99 Å². The first-order valence-electron chi connectivity index (χ1n) is 10.4. The van der Waals surface area contributed by atoms with Gasteiger partial charge in [0.2, 0.25) is 5.91 Å². The van der Waals surface area contributed by atoms with Crippen LogP contribution in [0.2, 0.25) is 0 Å². The van der Waals surface area contributed by atoms with E-state index in [0.29, 0.717) is 5.96 Å². The van der Waals surface area contributed by atoms with Crippen molar-refractivity contribution in [1.29, 1.82) is 0 Å². The molecule has 0 aliphatic carbocycles. The molecule has 2 rings (SSSR count). The average Bonchev–Trinajstić information content (AvgIpc) is 2.86. The van der Waals surface area contributed by atoms with Crippen LogP contribution < -0.4 is 10.6 Å². The van der Waals surface area contributed by atoms with Crippen LogP contribution in [0.4, 0.5) is 4.79 Å². The number of halogens is 1. The minimum Gasteiger partial charge on any atom is -0.444 e. The van der Waals surface area contributed by atoms with Gasteiger partial charge in [0, 0.05) is 38.8 Å². The SMILES string of the molecule is CCCNC(=NCC(=O)N(C)C)NC1CC2CCC(C1)N2C(=O)OC(C)(C)C.I. The molecule has 0 saturated carbocycles. The van der Waals surface area contributed by atoms with Gasteiger partial charge in [0.25, 0.3) is 0 Å². The highest BCUT2D eigenvalue weighted by Crippen LogP contribution is 2.36. The normalized spacial score (nSPS) is 23.9. The number of likely N-dealkylation sites (N-methyl/N-ethyl adjacent to an activating group) is 1. The number of nitrogens with one attached hydrogen (secondary N) is 2. The van der Waals surface area contributed by atoms with Gasteiger partial charge >= 0.3 is 6.09 Å². The Hall–Kier alpha value is -1.26. The standard InChI is InChI=1S/C20H37N5O3.HI/c1-7-10-21-18(22-13-17(26)24(5)6)23-14-11-15-8-9-16(12-14)25(15)19(27)28-20(2,3)4;/h14-16H,7-13H2,1-6H3,(H2,21,22,23);1H. The fourth-order valence-corrected chi connectivity index (χ4v) is 3.79. The summed E-state index contributed by atoms with van der Waals surface area (Å²) in [7, 11) is 3.46. The van der Waals surface area contributed by atoms with E-state index in [0.717, 1.165) is 38.6 Å². The highest BCUT2D eigenvalue weighted by atomic mass is 127. The summed E-state index contributed by atoms with van der Waals surface area (Å²) in [6.45, 7) is 8.71. The van der Waals surface area contributed by atoms with Crippen LogP contribution in [-0.2, 0) is 9.53 Å². The van der Waals surface area contributed by atoms with E-state index in [4.69, 9.17) is 4.74 Å². The Labute approximate surface area is 192 Å². The molecule has 2 aliphatic heterocycles. The van der Waals surface area contributed by atoms with Gasteiger partial charge in [-0.3, -0.25) is 4.79 Å². The summed E-state index contributed by atoms with van der Waals surface area (Å²) in [6, 6.07) is 0.623. The minimum atomic E-state index is -0.478. The third kappa shape index (κ3) is 7.82. The number of ether oxygens (including phenoxy) is 1. The van der Waals surface area contributed by atoms with E-state index in [9.17, 15) is 9.59 Å². The van der Waals surface area contributed by atoms with Gasteiger partial charge < -0.3 is 25.2 Å². The van der Waals surface area contributed by atoms with Crippen molar-refractivity contribution in [3.05, 3.63) is 0 Å². The van der Waals surface area contributed by atoms with Gasteiger partial charge in [-0.15, -0.1) is 24.0 Å². The summed E-state index contributed by atoms with van der Waals surface area (Å²) in [6.07, 6.45) is 4.53. The Morgan fingerprint density at radius 1 is 1.17 bits per heavy atom. The van der Waals surface area contributed by atoms with Crippen molar-refractivity contribution in [3.63, 3.8) is 0 Å². The first kappa shape index (κ1) is 25.8. The molecule has 168 valence electrons. The maximum absolute atomic E-state index is 12.6. The molecule has 2 unspecified atom stereocenters. The van der Waals surface area contributed by atoms with Gasteiger partial charge in [-0.2, -0.15) is 0 Å². The van der Waals surface area contributed by atoms with Gasteiger partial charge in [-0.05, 0) is 52.9 Å². The van der Waals surface area contributed by atoms with E-state index in [1.807, 2.05) is 25.7 Å². The molecule has 0 spiro atoms. The third-order valence-corrected chi connectivity index (χ3v) is 5.09. The van der Waals surface area contributed by atoms with E-state index in [2.05, 4.69) is 22.5 Å². The number of aliphatic imine (C=N–C) groups is 1. The number of hydrogen-bond acceptors (Lipinski definition) is 4. The van der Waals surface area contributed by atoms with Gasteiger partial charge in [0.15, 0.2) is 5.96 Å². The molecule has 2 atom stereocenters. The molecule has 2 fully saturated rings. The van der Waals surface area contributed by atoms with Crippen LogP contribution in [0, 0.1) is 0 Å². The quantitative estimate of drug-likeness (QED) is 0.329. The van der Waals surface area contributed by atoms with Crippen LogP contribution in [0.1, 0.15) is 59.8 Å². The maximum atomic E-state index is 12.6. The number of carbonyl (C=O) groups excluding carboxylic acids is 2. The summed E-state index contributed by atoms with van der Waals surface area (Å²) in [5.74, 6) is 0.643. The van der Waals surface area contributed by atoms with Gasteiger partial charge in [0.1, 0.15) is 12.1 Å². The molecule has 0 aromatic rings. The van der Waals surface area contributed by atoms with Crippen LogP contribution in [0.3, 0.4) is 0 Å². The monoisotopic (exact) mass is 523 g/mol. The van der Waals surface area contributed by atoms with E-state index < -0.39 is 5.60 Å². The molecule has 9 heteroatoms. The molecule has 8 nitrogen and oxygen atoms in total. The topological polar surface area (TPSA) is 86.3 Å². The molecule has 2 amide bonds. The second-order valence-electron chi connectivity index (χ2n) is 8.97. The Morgan fingerprint density at radius 3 is 2.24 bits per heavy atom. The molecule has 2 N–H and O–H groups in total. The van der Waals surface area contributed by atoms with Crippen molar-refractivity contribution in [3.8, 4) is 0 Å². The summed E-state index contributed by atoms with van der Waals surface area (Å²) < 4.78 is 5.60. The maximum Gasteiger partial charge on any atom is 0.410 e. The van der Waals surface area contributed by atoms with Gasteiger partial charge in [-0.1, -0.05) is 6.92 Å². The molecule has 2 aliphatic rings. The highest BCUT2D eigenvalue weighted by Gasteiger charge is 2.45. The lowest BCUT2D eigenvalue weighted by molar-refractivity contribution is -0.127. The third-order valence-electron chi connectivity index (χ3n) is 5.09. The zero-order chi connectivity index (χ0) is 20.9. The lowest BCUT2D eigenvalue weighted by Gasteiger charge is -2.40. The molecule has 0 radical (unpaired) electrons. The Balaban J connectivity index is 0.00000420. The molecule has 29 heavy (non-hydrogen) atoms. The first-order chi connectivity index (χ1) is 13.1. The van der Waals surface area contributed by atoms with Crippen molar-refractivity contribution in [2.75, 3.05) is 27.2 Å². The fraction of sp³-hybridized carbons (Fsp3) is 0.850. The van der Waals surface area contributed by atoms with Crippen molar-refractivity contribution < 1.29 is 14.3 Å². The van der Waals surface area contributed by atoms with E-state index in [1.54, 1.807) is 19.0 Å². The average molecular weight is 523 g/mol. The van der Waals surface area contributed by atoms with E-state index in [-0.39, 0.29) is 60.6 Å². The zero-order valence-electron chi connectivity index (χ0n) is 18.7. The Bertz CT molecular complexity index is 577. The lowest BCUT2D eigenvalue weighted by atomic mass is 9.98. The second kappa shape index (κ2) is 11.2. The molecule has 0 aromatic carbocycles. The Morgan fingerprint density at radius 2 is 1.76 bits per heavy atom. The number of piperidine rings is 1. The highest BCUT2D eigenvalue weighted by molar-refractivity contribution is 14.0. The second-order valence-corrected chi connectivity index (χ2v) is 8.97. The number of fused-ring (bicyclic) bond motifs is 2. The summed E-state index contributed by atoms with van der Waals surface area (Å²) in [5.41, 5.74) is -0.478. The molecular formula is C20H38IN5O3. The smallest absolute Gasteiger partial charge is 0.410 e. The molecule has 2 heterocycles. The van der Waals surface area contributed by atoms with Crippen LogP contribution in [0.15, 0.2) is 4.99 Å².